The van der Waals surface area contributed by atoms with E-state index in [9.17, 15) is 13.2 Å². The second-order valence-electron chi connectivity index (χ2n) is 5.69. The zero-order valence-corrected chi connectivity index (χ0v) is 11.0. The predicted molar refractivity (Wildman–Crippen MR) is 70.7 cm³/mol. The van der Waals surface area contributed by atoms with Gasteiger partial charge in [-0.05, 0) is 23.5 Å². The first-order valence-corrected chi connectivity index (χ1v) is 6.81. The van der Waals surface area contributed by atoms with Crippen molar-refractivity contribution in [1.82, 2.24) is 10.6 Å². The molecule has 2 heterocycles. The van der Waals surface area contributed by atoms with E-state index in [4.69, 9.17) is 5.73 Å². The number of rotatable bonds is 1. The third-order valence-electron chi connectivity index (χ3n) is 4.50. The van der Waals surface area contributed by atoms with Crippen LogP contribution in [-0.2, 0) is 0 Å². The second-order valence-corrected chi connectivity index (χ2v) is 5.69. The van der Waals surface area contributed by atoms with Crippen molar-refractivity contribution in [3.05, 3.63) is 35.5 Å². The van der Waals surface area contributed by atoms with Gasteiger partial charge in [-0.25, -0.2) is 13.2 Å². The summed E-state index contributed by atoms with van der Waals surface area (Å²) < 4.78 is 41.2. The summed E-state index contributed by atoms with van der Waals surface area (Å²) in [6, 6.07) is -0.999. The Hall–Kier alpha value is -1.11. The fourth-order valence-electron chi connectivity index (χ4n) is 3.45. The van der Waals surface area contributed by atoms with Gasteiger partial charge in [-0.3, -0.25) is 5.32 Å². The van der Waals surface area contributed by atoms with Gasteiger partial charge in [0.05, 0.1) is 12.2 Å². The van der Waals surface area contributed by atoms with E-state index >= 15 is 0 Å². The molecule has 0 radical (unpaired) electrons. The molecule has 0 bridgehead atoms. The van der Waals surface area contributed by atoms with E-state index in [1.165, 1.54) is 0 Å². The van der Waals surface area contributed by atoms with Crippen LogP contribution in [0.2, 0.25) is 0 Å². The lowest BCUT2D eigenvalue weighted by Gasteiger charge is -2.34. The van der Waals surface area contributed by atoms with Gasteiger partial charge in [0.15, 0.2) is 0 Å². The molecule has 5 atom stereocenters. The molecular weight excluding hydrogens is 267 g/mol. The minimum absolute atomic E-state index is 0.0351. The minimum atomic E-state index is -0.999. The van der Waals surface area contributed by atoms with Crippen molar-refractivity contribution >= 4 is 0 Å². The summed E-state index contributed by atoms with van der Waals surface area (Å²) in [6.45, 7) is 4.55. The van der Waals surface area contributed by atoms with Gasteiger partial charge in [-0.2, -0.15) is 0 Å². The maximum atomic E-state index is 14.1. The van der Waals surface area contributed by atoms with Crippen molar-refractivity contribution in [2.45, 2.75) is 24.8 Å². The Bertz CT molecular complexity index is 500. The molecule has 3 aliphatic rings. The van der Waals surface area contributed by atoms with Crippen molar-refractivity contribution in [3.8, 4) is 0 Å². The molecule has 4 N–H and O–H groups in total. The van der Waals surface area contributed by atoms with Crippen molar-refractivity contribution in [2.24, 2.45) is 17.6 Å². The Balaban J connectivity index is 1.92. The van der Waals surface area contributed by atoms with Crippen LogP contribution in [0.25, 0.3) is 0 Å². The molecule has 3 nitrogen and oxygen atoms in total. The fraction of sp³-hybridized carbons (Fsp3) is 0.571. The van der Waals surface area contributed by atoms with E-state index in [0.717, 1.165) is 6.08 Å². The van der Waals surface area contributed by atoms with E-state index in [-0.39, 0.29) is 23.6 Å². The monoisotopic (exact) mass is 285 g/mol. The Morgan fingerprint density at radius 2 is 1.95 bits per heavy atom. The van der Waals surface area contributed by atoms with E-state index in [0.29, 0.717) is 25.1 Å². The van der Waals surface area contributed by atoms with E-state index in [1.54, 1.807) is 0 Å². The van der Waals surface area contributed by atoms with Crippen molar-refractivity contribution in [1.29, 1.82) is 0 Å². The lowest BCUT2D eigenvalue weighted by atomic mass is 9.76. The fourth-order valence-corrected chi connectivity index (χ4v) is 3.45. The van der Waals surface area contributed by atoms with Crippen LogP contribution in [0.3, 0.4) is 0 Å². The van der Waals surface area contributed by atoms with Gasteiger partial charge in [0.25, 0.3) is 0 Å². The summed E-state index contributed by atoms with van der Waals surface area (Å²) in [4.78, 5) is 0. The summed E-state index contributed by atoms with van der Waals surface area (Å²) in [5, 5.41) is 6.29. The summed E-state index contributed by atoms with van der Waals surface area (Å²) in [7, 11) is 0. The molecule has 20 heavy (non-hydrogen) atoms. The van der Waals surface area contributed by atoms with Gasteiger partial charge < -0.3 is 11.1 Å². The normalized spacial score (nSPS) is 41.7. The van der Waals surface area contributed by atoms with Gasteiger partial charge in [0.1, 0.15) is 17.8 Å². The molecular formula is C14H18F3N3. The highest BCUT2D eigenvalue weighted by Crippen LogP contribution is 2.41. The first-order chi connectivity index (χ1) is 9.49. The van der Waals surface area contributed by atoms with Crippen molar-refractivity contribution in [3.63, 3.8) is 0 Å². The summed E-state index contributed by atoms with van der Waals surface area (Å²) in [6.07, 6.45) is 0.207. The van der Waals surface area contributed by atoms with E-state index in [1.807, 2.05) is 0 Å². The minimum Gasteiger partial charge on any atom is -0.318 e. The first-order valence-electron chi connectivity index (χ1n) is 6.81. The molecule has 6 heteroatoms. The SMILES string of the molecule is C=C1C(C2CNC3NCC(F)CC32)=C(F)C=C(F)C1N. The van der Waals surface area contributed by atoms with Gasteiger partial charge in [0, 0.05) is 25.1 Å². The van der Waals surface area contributed by atoms with Gasteiger partial charge >= 0.3 is 0 Å². The van der Waals surface area contributed by atoms with Crippen LogP contribution in [-0.4, -0.2) is 31.5 Å². The summed E-state index contributed by atoms with van der Waals surface area (Å²) in [5.41, 5.74) is 6.29. The lowest BCUT2D eigenvalue weighted by molar-refractivity contribution is 0.165. The smallest absolute Gasteiger partial charge is 0.129 e. The topological polar surface area (TPSA) is 50.1 Å². The third kappa shape index (κ3) is 2.12. The molecule has 2 saturated heterocycles. The standard InChI is InChI=1S/C14H18F3N3/c1-6-12(10(16)3-11(17)13(6)18)9-5-20-14-8(9)2-7(15)4-19-14/h3,7-9,13-14,19-20H,1-2,4-5,18H2. The molecule has 0 aromatic rings. The van der Waals surface area contributed by atoms with E-state index < -0.39 is 23.9 Å². The highest BCUT2D eigenvalue weighted by atomic mass is 19.1. The van der Waals surface area contributed by atoms with Crippen LogP contribution in [0.5, 0.6) is 0 Å². The van der Waals surface area contributed by atoms with Crippen LogP contribution in [0.1, 0.15) is 6.42 Å². The zero-order valence-electron chi connectivity index (χ0n) is 11.0. The average Bonchev–Trinajstić information content (AvgIpc) is 2.79. The number of nitrogens with one attached hydrogen (secondary N) is 2. The molecule has 1 aliphatic carbocycles. The summed E-state index contributed by atoms with van der Waals surface area (Å²) >= 11 is 0. The predicted octanol–water partition coefficient (Wildman–Crippen LogP) is 1.45. The maximum absolute atomic E-state index is 14.1. The number of nitrogens with two attached hydrogens (primary N) is 1. The number of halogens is 3. The molecule has 0 saturated carbocycles. The van der Waals surface area contributed by atoms with Crippen molar-refractivity contribution < 1.29 is 13.2 Å². The molecule has 2 fully saturated rings. The molecule has 0 aromatic heterocycles. The van der Waals surface area contributed by atoms with Crippen molar-refractivity contribution in [2.75, 3.05) is 13.1 Å². The molecule has 110 valence electrons. The quantitative estimate of drug-likeness (QED) is 0.683. The van der Waals surface area contributed by atoms with Gasteiger partial charge in [-0.15, -0.1) is 0 Å². The number of alkyl halides is 1. The Kier molecular flexibility index (Phi) is 3.48. The van der Waals surface area contributed by atoms with Crippen LogP contribution >= 0.6 is 0 Å². The number of allylic oxidation sites excluding steroid dienone is 2. The number of hydrogen-bond donors (Lipinski definition) is 3. The third-order valence-corrected chi connectivity index (χ3v) is 4.50. The largest absolute Gasteiger partial charge is 0.318 e. The molecule has 5 unspecified atom stereocenters. The zero-order chi connectivity index (χ0) is 14.4. The van der Waals surface area contributed by atoms with Crippen LogP contribution < -0.4 is 16.4 Å². The van der Waals surface area contributed by atoms with Crippen LogP contribution in [0, 0.1) is 11.8 Å². The molecule has 3 rings (SSSR count). The second kappa shape index (κ2) is 5.02. The molecule has 2 aliphatic heterocycles. The average molecular weight is 285 g/mol. The molecule has 0 amide bonds. The van der Waals surface area contributed by atoms with Crippen LogP contribution in [0.4, 0.5) is 13.2 Å². The number of fused-ring (bicyclic) bond motifs is 1. The number of piperidine rings is 1. The Morgan fingerprint density at radius 3 is 2.70 bits per heavy atom. The van der Waals surface area contributed by atoms with E-state index in [2.05, 4.69) is 17.2 Å². The Labute approximate surface area is 115 Å². The van der Waals surface area contributed by atoms with Gasteiger partial charge in [0.2, 0.25) is 0 Å². The Morgan fingerprint density at radius 1 is 1.25 bits per heavy atom. The maximum Gasteiger partial charge on any atom is 0.129 e. The van der Waals surface area contributed by atoms with Crippen LogP contribution in [0.15, 0.2) is 35.5 Å². The molecule has 0 spiro atoms. The lowest BCUT2D eigenvalue weighted by Crippen LogP contribution is -2.50. The molecule has 0 aromatic carbocycles. The number of hydrogen-bond acceptors (Lipinski definition) is 3. The first kappa shape index (κ1) is 13.9. The summed E-state index contributed by atoms with van der Waals surface area (Å²) in [5.74, 6) is -1.65. The highest BCUT2D eigenvalue weighted by molar-refractivity contribution is 5.49. The van der Waals surface area contributed by atoms with Gasteiger partial charge in [-0.1, -0.05) is 6.58 Å². The highest BCUT2D eigenvalue weighted by Gasteiger charge is 2.44.